The maximum absolute atomic E-state index is 12.9. The molecule has 2 aromatic rings. The van der Waals surface area contributed by atoms with E-state index < -0.39 is 16.1 Å². The van der Waals surface area contributed by atoms with Gasteiger partial charge in [-0.3, -0.25) is 4.79 Å². The van der Waals surface area contributed by atoms with Crippen LogP contribution in [0.2, 0.25) is 0 Å². The summed E-state index contributed by atoms with van der Waals surface area (Å²) >= 11 is 5.05. The largest absolute Gasteiger partial charge is 0.354 e. The van der Waals surface area contributed by atoms with Gasteiger partial charge in [0.25, 0.3) is 0 Å². The minimum absolute atomic E-state index is 0.214. The highest BCUT2D eigenvalue weighted by molar-refractivity contribution is 9.11. The molecule has 0 aliphatic carbocycles. The average molecular weight is 457 g/mol. The van der Waals surface area contributed by atoms with Gasteiger partial charge in [-0.25, -0.2) is 8.42 Å². The molecule has 1 aliphatic heterocycles. The fourth-order valence-electron chi connectivity index (χ4n) is 3.05. The Morgan fingerprint density at radius 1 is 1.27 bits per heavy atom. The highest BCUT2D eigenvalue weighted by Crippen LogP contribution is 2.26. The molecule has 1 aliphatic rings. The van der Waals surface area contributed by atoms with Crippen molar-refractivity contribution < 1.29 is 13.2 Å². The van der Waals surface area contributed by atoms with E-state index in [0.29, 0.717) is 25.9 Å². The number of sulfonamides is 1. The van der Waals surface area contributed by atoms with E-state index >= 15 is 0 Å². The molecule has 0 saturated carbocycles. The van der Waals surface area contributed by atoms with Crippen LogP contribution < -0.4 is 5.32 Å². The molecule has 8 heteroatoms. The molecule has 1 fully saturated rings. The predicted molar refractivity (Wildman–Crippen MR) is 107 cm³/mol. The third-order valence-corrected chi connectivity index (χ3v) is 8.04. The van der Waals surface area contributed by atoms with Crippen LogP contribution in [0.1, 0.15) is 23.3 Å². The van der Waals surface area contributed by atoms with Crippen LogP contribution in [0, 0.1) is 6.92 Å². The zero-order valence-corrected chi connectivity index (χ0v) is 17.7. The second-order valence-electron chi connectivity index (χ2n) is 6.33. The summed E-state index contributed by atoms with van der Waals surface area (Å²) in [6.45, 7) is 2.79. The normalized spacial score (nSPS) is 18.2. The molecule has 26 heavy (non-hydrogen) atoms. The van der Waals surface area contributed by atoms with Gasteiger partial charge in [-0.2, -0.15) is 4.31 Å². The molecule has 3 rings (SSSR count). The van der Waals surface area contributed by atoms with Gasteiger partial charge in [0.05, 0.1) is 8.68 Å². The third kappa shape index (κ3) is 4.36. The SMILES string of the molecule is Cc1ccc(S(=O)(=O)N2CCC[C@H]2C(=O)NCCc2ccc(Br)s2)cc1. The van der Waals surface area contributed by atoms with E-state index in [1.165, 1.54) is 9.18 Å². The van der Waals surface area contributed by atoms with Crippen molar-refractivity contribution in [1.29, 1.82) is 0 Å². The van der Waals surface area contributed by atoms with Gasteiger partial charge in [-0.1, -0.05) is 17.7 Å². The van der Waals surface area contributed by atoms with E-state index in [2.05, 4.69) is 21.2 Å². The van der Waals surface area contributed by atoms with E-state index in [0.717, 1.165) is 15.8 Å². The lowest BCUT2D eigenvalue weighted by Gasteiger charge is -2.23. The lowest BCUT2D eigenvalue weighted by molar-refractivity contribution is -0.124. The number of hydrogen-bond acceptors (Lipinski definition) is 4. The second-order valence-corrected chi connectivity index (χ2v) is 10.8. The van der Waals surface area contributed by atoms with E-state index in [4.69, 9.17) is 0 Å². The number of halogens is 1. The second kappa shape index (κ2) is 8.21. The number of hydrogen-bond donors (Lipinski definition) is 1. The van der Waals surface area contributed by atoms with Gasteiger partial charge in [-0.05, 0) is 66.4 Å². The number of nitrogens with one attached hydrogen (secondary N) is 1. The smallest absolute Gasteiger partial charge is 0.243 e. The van der Waals surface area contributed by atoms with Crippen LogP contribution in [-0.2, 0) is 21.2 Å². The summed E-state index contributed by atoms with van der Waals surface area (Å²) in [6, 6.07) is 10.1. The summed E-state index contributed by atoms with van der Waals surface area (Å²) in [6.07, 6.45) is 1.99. The zero-order valence-electron chi connectivity index (χ0n) is 14.4. The standard InChI is InChI=1S/C18H21BrN2O3S2/c1-13-4-7-15(8-5-13)26(23,24)21-12-2-3-16(21)18(22)20-11-10-14-6-9-17(19)25-14/h4-9,16H,2-3,10-12H2,1H3,(H,20,22)/t16-/m0/s1. The van der Waals surface area contributed by atoms with Crippen molar-refractivity contribution in [3.8, 4) is 0 Å². The zero-order chi connectivity index (χ0) is 18.7. The summed E-state index contributed by atoms with van der Waals surface area (Å²) in [5, 5.41) is 2.89. The Kier molecular flexibility index (Phi) is 6.17. The summed E-state index contributed by atoms with van der Waals surface area (Å²) in [7, 11) is -3.66. The molecule has 0 spiro atoms. The molecule has 1 atom stereocenters. The molecular formula is C18H21BrN2O3S2. The fraction of sp³-hybridized carbons (Fsp3) is 0.389. The maximum Gasteiger partial charge on any atom is 0.243 e. The summed E-state index contributed by atoms with van der Waals surface area (Å²) in [4.78, 5) is 14.0. The minimum atomic E-state index is -3.66. The van der Waals surface area contributed by atoms with E-state index in [1.54, 1.807) is 35.6 Å². The Morgan fingerprint density at radius 2 is 2.00 bits per heavy atom. The molecule has 140 valence electrons. The lowest BCUT2D eigenvalue weighted by atomic mass is 10.2. The third-order valence-electron chi connectivity index (χ3n) is 4.43. The van der Waals surface area contributed by atoms with E-state index in [-0.39, 0.29) is 10.8 Å². The first-order valence-electron chi connectivity index (χ1n) is 8.48. The first kappa shape index (κ1) is 19.5. The van der Waals surface area contributed by atoms with Gasteiger partial charge >= 0.3 is 0 Å². The number of aryl methyl sites for hydroxylation is 1. The number of nitrogens with zero attached hydrogens (tertiary/aromatic N) is 1. The Bertz CT molecular complexity index is 878. The summed E-state index contributed by atoms with van der Waals surface area (Å²) in [5.74, 6) is -0.214. The molecule has 1 saturated heterocycles. The van der Waals surface area contributed by atoms with Crippen LogP contribution in [0.3, 0.4) is 0 Å². The van der Waals surface area contributed by atoms with Crippen LogP contribution >= 0.6 is 27.3 Å². The van der Waals surface area contributed by atoms with Crippen molar-refractivity contribution in [3.63, 3.8) is 0 Å². The number of rotatable bonds is 6. The van der Waals surface area contributed by atoms with Gasteiger partial charge in [0.15, 0.2) is 0 Å². The molecule has 0 radical (unpaired) electrons. The van der Waals surface area contributed by atoms with Gasteiger partial charge in [0, 0.05) is 18.0 Å². The fourth-order valence-corrected chi connectivity index (χ4v) is 6.19. The Morgan fingerprint density at radius 3 is 2.65 bits per heavy atom. The molecular weight excluding hydrogens is 436 g/mol. The molecule has 1 amide bonds. The molecule has 1 aromatic carbocycles. The van der Waals surface area contributed by atoms with Crippen LogP contribution in [0.5, 0.6) is 0 Å². The highest BCUT2D eigenvalue weighted by Gasteiger charge is 2.39. The Balaban J connectivity index is 1.65. The van der Waals surface area contributed by atoms with Gasteiger partial charge in [0.1, 0.15) is 6.04 Å². The van der Waals surface area contributed by atoms with Gasteiger partial charge in [0.2, 0.25) is 15.9 Å². The average Bonchev–Trinajstić information content (AvgIpc) is 3.24. The predicted octanol–water partition coefficient (Wildman–Crippen LogP) is 3.33. The number of carbonyl (C=O) groups excluding carboxylic acids is 1. The summed E-state index contributed by atoms with van der Waals surface area (Å²) < 4.78 is 28.2. The van der Waals surface area contributed by atoms with Crippen molar-refractivity contribution >= 4 is 43.2 Å². The van der Waals surface area contributed by atoms with Crippen LogP contribution in [0.4, 0.5) is 0 Å². The van der Waals surface area contributed by atoms with Crippen molar-refractivity contribution in [2.75, 3.05) is 13.1 Å². The molecule has 1 aromatic heterocycles. The lowest BCUT2D eigenvalue weighted by Crippen LogP contribution is -2.46. The quantitative estimate of drug-likeness (QED) is 0.724. The van der Waals surface area contributed by atoms with E-state index in [1.807, 2.05) is 19.1 Å². The number of amides is 1. The number of benzene rings is 1. The molecule has 5 nitrogen and oxygen atoms in total. The number of carbonyl (C=O) groups is 1. The van der Waals surface area contributed by atoms with Crippen LogP contribution in [0.15, 0.2) is 45.1 Å². The van der Waals surface area contributed by atoms with Crippen LogP contribution in [0.25, 0.3) is 0 Å². The Hall–Kier alpha value is -1.22. The van der Waals surface area contributed by atoms with Crippen molar-refractivity contribution in [3.05, 3.63) is 50.6 Å². The monoisotopic (exact) mass is 456 g/mol. The molecule has 2 heterocycles. The first-order chi connectivity index (χ1) is 12.4. The van der Waals surface area contributed by atoms with E-state index in [9.17, 15) is 13.2 Å². The minimum Gasteiger partial charge on any atom is -0.354 e. The summed E-state index contributed by atoms with van der Waals surface area (Å²) in [5.41, 5.74) is 1.000. The van der Waals surface area contributed by atoms with Crippen molar-refractivity contribution in [1.82, 2.24) is 9.62 Å². The van der Waals surface area contributed by atoms with Crippen molar-refractivity contribution in [2.45, 2.75) is 37.1 Å². The first-order valence-corrected chi connectivity index (χ1v) is 11.5. The topological polar surface area (TPSA) is 66.5 Å². The number of thiophene rings is 1. The molecule has 0 unspecified atom stereocenters. The van der Waals surface area contributed by atoms with Crippen LogP contribution in [-0.4, -0.2) is 37.8 Å². The van der Waals surface area contributed by atoms with Crippen molar-refractivity contribution in [2.24, 2.45) is 0 Å². The maximum atomic E-state index is 12.9. The molecule has 0 bridgehead atoms. The van der Waals surface area contributed by atoms with Gasteiger partial charge < -0.3 is 5.32 Å². The van der Waals surface area contributed by atoms with Gasteiger partial charge in [-0.15, -0.1) is 11.3 Å². The highest BCUT2D eigenvalue weighted by atomic mass is 79.9. The Labute approximate surface area is 166 Å². The molecule has 1 N–H and O–H groups in total.